The molecule has 0 aliphatic heterocycles. The molecule has 0 fully saturated rings. The molecule has 0 saturated carbocycles. The zero-order valence-corrected chi connectivity index (χ0v) is 42.9. The van der Waals surface area contributed by atoms with E-state index in [9.17, 15) is 53.7 Å². The molecule has 25 heteroatoms. The third-order valence-corrected chi connectivity index (χ3v) is 11.0. The zero-order valence-electron chi connectivity index (χ0n) is 42.9. The predicted octanol–water partition coefficient (Wildman–Crippen LogP) is -2.33. The topological polar surface area (TPSA) is 321 Å². The normalized spacial score (nSPS) is 13.5. The Bertz CT molecular complexity index is 1840. The van der Waals surface area contributed by atoms with Crippen molar-refractivity contribution in [3.05, 3.63) is 0 Å². The van der Waals surface area contributed by atoms with Crippen LogP contribution in [-0.2, 0) is 33.6 Å². The summed E-state index contributed by atoms with van der Waals surface area (Å²) in [5.74, 6) is 5.46. The number of terminal acetylenes is 4. The quantitative estimate of drug-likeness (QED) is 0.0174. The maximum atomic E-state index is 14.1. The third-order valence-electron chi connectivity index (χ3n) is 11.0. The van der Waals surface area contributed by atoms with E-state index in [2.05, 4.69) is 76.5 Å². The van der Waals surface area contributed by atoms with Crippen LogP contribution in [0, 0.1) is 55.3 Å². The molecular weight excluding hydrogens is 924 g/mol. The molecule has 0 heterocycles. The molecule has 21 nitrogen and oxygen atoms in total. The van der Waals surface area contributed by atoms with Crippen LogP contribution >= 0.6 is 0 Å². The Morgan fingerprint density at radius 2 is 0.722 bits per heavy atom. The van der Waals surface area contributed by atoms with Crippen LogP contribution < -0.4 is 52.8 Å². The molecule has 0 spiro atoms. The maximum Gasteiger partial charge on any atom is 0.374 e. The lowest BCUT2D eigenvalue weighted by atomic mass is 9.86. The summed E-state index contributed by atoms with van der Waals surface area (Å²) >= 11 is 0. The minimum atomic E-state index is -1.09. The van der Waals surface area contributed by atoms with E-state index in [1.807, 2.05) is 6.92 Å². The molecular formula is C47H80B4N10O11. The summed E-state index contributed by atoms with van der Waals surface area (Å²) in [6.07, 6.45) is 25.9. The van der Waals surface area contributed by atoms with Gasteiger partial charge >= 0.3 is 28.2 Å². The summed E-state index contributed by atoms with van der Waals surface area (Å²) in [5, 5.41) is 66.7. The van der Waals surface area contributed by atoms with Gasteiger partial charge in [0.2, 0.25) is 35.4 Å². The van der Waals surface area contributed by atoms with Crippen molar-refractivity contribution in [3.63, 3.8) is 0 Å². The summed E-state index contributed by atoms with van der Waals surface area (Å²) < 4.78 is 0. The Kier molecular flexibility index (Phi) is 37.2. The SMILES string of the molecule is C#CC[C@H](NB(C)O)C(=O)N[C@@H](CCCCNC(=O)[C@@H](CC#C)NB(C)O)C(=O)C[C@H](CCCCNC(=O)[C@H](CCCCNC(=O)[C@@H](CC#C)NB(C)O)NC(=O)[C@H](CC#C)NB(C)O)C(=O)NCCCC. The zero-order chi connectivity index (χ0) is 54.4. The highest BCUT2D eigenvalue weighted by molar-refractivity contribution is 6.47. The second-order valence-electron chi connectivity index (χ2n) is 17.7. The summed E-state index contributed by atoms with van der Waals surface area (Å²) in [6.45, 7) is 8.70. The van der Waals surface area contributed by atoms with Gasteiger partial charge in [0, 0.05) is 64.2 Å². The van der Waals surface area contributed by atoms with Crippen LogP contribution in [0.4, 0.5) is 0 Å². The Balaban J connectivity index is 6.08. The molecule has 0 aliphatic rings. The predicted molar refractivity (Wildman–Crippen MR) is 282 cm³/mol. The average molecular weight is 1000 g/mol. The van der Waals surface area contributed by atoms with Crippen LogP contribution in [0.3, 0.4) is 0 Å². The minimum Gasteiger partial charge on any atom is -0.437 e. The van der Waals surface area contributed by atoms with Crippen LogP contribution in [0.15, 0.2) is 0 Å². The van der Waals surface area contributed by atoms with Crippen LogP contribution in [0.1, 0.15) is 110 Å². The van der Waals surface area contributed by atoms with Gasteiger partial charge in [-0.05, 0) is 85.1 Å². The maximum absolute atomic E-state index is 14.1. The number of unbranched alkanes of at least 4 members (excludes halogenated alkanes) is 4. The lowest BCUT2D eigenvalue weighted by Crippen LogP contribution is -2.55. The highest BCUT2D eigenvalue weighted by Gasteiger charge is 2.31. The first-order chi connectivity index (χ1) is 34.2. The molecule has 6 amide bonds. The summed E-state index contributed by atoms with van der Waals surface area (Å²) in [7, 11) is -4.10. The van der Waals surface area contributed by atoms with Crippen molar-refractivity contribution in [1.29, 1.82) is 0 Å². The highest BCUT2D eigenvalue weighted by atomic mass is 16.2. The molecule has 0 aliphatic carbocycles. The first kappa shape index (κ1) is 66.7. The van der Waals surface area contributed by atoms with Gasteiger partial charge in [0.1, 0.15) is 6.04 Å². The second kappa shape index (κ2) is 40.2. The van der Waals surface area contributed by atoms with Crippen LogP contribution in [-0.4, -0.2) is 152 Å². The molecule has 0 bridgehead atoms. The van der Waals surface area contributed by atoms with Crippen molar-refractivity contribution in [1.82, 2.24) is 52.8 Å². The molecule has 14 N–H and O–H groups in total. The standard InChI is InChI=1S/C47H80B4N10O11/c1-10-15-29-52-42(63)34(33-41(62)35(56-46(67)39(24-13-4)60-50(8)71)27-17-20-31-54-44(65)37(22-11-2)58-48(6)69)26-16-19-30-53-43(64)36(57-47(68)40(25-14-5)61-51(9)72)28-18-21-32-55-45(66)38(23-12-3)59-49(7)70/h2-5,34-40,58-61,69-72H,10,15-33H2,1,6-9H3,(H,52,63)(H,53,64)(H,54,65)(H,55,66)(H,56,67)(H,57,68)/t34-,35-,36-,37+,38+,39-,40-/m0/s1. The Hall–Kier alpha value is -5.33. The lowest BCUT2D eigenvalue weighted by Gasteiger charge is -2.24. The van der Waals surface area contributed by atoms with Crippen molar-refractivity contribution in [2.45, 2.75) is 173 Å². The molecule has 7 atom stereocenters. The molecule has 72 heavy (non-hydrogen) atoms. The first-order valence-electron chi connectivity index (χ1n) is 25.0. The van der Waals surface area contributed by atoms with Gasteiger partial charge in [0.25, 0.3) is 0 Å². The number of ketones is 1. The van der Waals surface area contributed by atoms with E-state index < -0.39 is 106 Å². The highest BCUT2D eigenvalue weighted by Crippen LogP contribution is 2.18. The van der Waals surface area contributed by atoms with Gasteiger partial charge in [-0.25, -0.2) is 0 Å². The first-order valence-corrected chi connectivity index (χ1v) is 25.0. The van der Waals surface area contributed by atoms with E-state index in [0.717, 1.165) is 6.42 Å². The number of rotatable bonds is 41. The van der Waals surface area contributed by atoms with E-state index in [1.165, 1.54) is 27.3 Å². The van der Waals surface area contributed by atoms with Crippen molar-refractivity contribution in [2.24, 2.45) is 5.92 Å². The number of carbonyl (C=O) groups excluding carboxylic acids is 7. The fourth-order valence-electron chi connectivity index (χ4n) is 7.38. The van der Waals surface area contributed by atoms with Crippen molar-refractivity contribution in [3.8, 4) is 49.4 Å². The van der Waals surface area contributed by atoms with Gasteiger partial charge in [-0.3, -0.25) is 33.6 Å². The lowest BCUT2D eigenvalue weighted by molar-refractivity contribution is -0.132. The Morgan fingerprint density at radius 3 is 1.08 bits per heavy atom. The average Bonchev–Trinajstić information content (AvgIpc) is 3.31. The number of hydrogen-bond donors (Lipinski definition) is 14. The molecule has 0 unspecified atom stereocenters. The molecule has 0 aromatic heterocycles. The minimum absolute atomic E-state index is 0.0477. The second-order valence-corrected chi connectivity index (χ2v) is 17.7. The number of amides is 6. The van der Waals surface area contributed by atoms with E-state index >= 15 is 0 Å². The Morgan fingerprint density at radius 1 is 0.417 bits per heavy atom. The van der Waals surface area contributed by atoms with Gasteiger partial charge in [-0.1, -0.05) is 19.8 Å². The third kappa shape index (κ3) is 31.2. The molecule has 0 aromatic carbocycles. The number of nitrogens with one attached hydrogen (secondary N) is 10. The fraction of sp³-hybridized carbons (Fsp3) is 0.681. The number of hydrogen-bond acceptors (Lipinski definition) is 15. The summed E-state index contributed by atoms with van der Waals surface area (Å²) in [5.41, 5.74) is 0. The van der Waals surface area contributed by atoms with Crippen LogP contribution in [0.2, 0.25) is 27.3 Å². The van der Waals surface area contributed by atoms with E-state index in [4.69, 9.17) is 25.7 Å². The molecule has 0 rings (SSSR count). The molecule has 396 valence electrons. The van der Waals surface area contributed by atoms with Crippen molar-refractivity contribution >= 4 is 69.4 Å². The van der Waals surface area contributed by atoms with Crippen LogP contribution in [0.5, 0.6) is 0 Å². The smallest absolute Gasteiger partial charge is 0.374 e. The van der Waals surface area contributed by atoms with Gasteiger partial charge in [0.05, 0.1) is 30.2 Å². The molecule has 0 saturated heterocycles. The summed E-state index contributed by atoms with van der Waals surface area (Å²) in [6, 6.07) is -5.73. The van der Waals surface area contributed by atoms with Gasteiger partial charge in [0.15, 0.2) is 5.78 Å². The Labute approximate surface area is 429 Å². The van der Waals surface area contributed by atoms with Crippen molar-refractivity contribution in [2.75, 3.05) is 26.2 Å². The van der Waals surface area contributed by atoms with E-state index in [-0.39, 0.29) is 76.9 Å². The monoisotopic (exact) mass is 1000 g/mol. The molecule has 0 radical (unpaired) electrons. The fourth-order valence-corrected chi connectivity index (χ4v) is 7.38. The van der Waals surface area contributed by atoms with Gasteiger partial charge < -0.3 is 72.9 Å². The molecule has 0 aromatic rings. The van der Waals surface area contributed by atoms with E-state index in [0.29, 0.717) is 51.5 Å². The van der Waals surface area contributed by atoms with Crippen molar-refractivity contribution < 1.29 is 53.7 Å². The van der Waals surface area contributed by atoms with Crippen LogP contribution in [0.25, 0.3) is 0 Å². The van der Waals surface area contributed by atoms with Gasteiger partial charge in [-0.15, -0.1) is 49.4 Å². The largest absolute Gasteiger partial charge is 0.437 e. The number of Topliss-reactive ketones (excluding diaryl/α,β-unsaturated/α-hetero) is 1. The summed E-state index contributed by atoms with van der Waals surface area (Å²) in [4.78, 5) is 93.4. The van der Waals surface area contributed by atoms with E-state index in [1.54, 1.807) is 0 Å². The number of carbonyl (C=O) groups is 7. The van der Waals surface area contributed by atoms with Gasteiger partial charge in [-0.2, -0.15) is 0 Å².